The highest BCUT2D eigenvalue weighted by Gasteiger charge is 2.48. The molecule has 0 spiro atoms. The minimum Gasteiger partial charge on any atom is -0.457 e. The first-order valence-electron chi connectivity index (χ1n) is 28.3. The van der Waals surface area contributed by atoms with Gasteiger partial charge in [-0.15, -0.1) is 0 Å². The number of esters is 1. The number of carbonyl (C=O) groups is 1. The molecule has 1 rings (SSSR count). The van der Waals surface area contributed by atoms with Gasteiger partial charge < -0.3 is 34.3 Å². The number of hydrogen-bond donors (Lipinski definition) is 4. The normalized spacial score (nSPS) is 19.3. The average Bonchev–Trinajstić information content (AvgIpc) is 3.30. The molecular formula is C54H106O12S. The quantitative estimate of drug-likeness (QED) is 0.0258. The van der Waals surface area contributed by atoms with Gasteiger partial charge in [0.1, 0.15) is 30.5 Å². The van der Waals surface area contributed by atoms with Crippen LogP contribution in [0.4, 0.5) is 0 Å². The Kier molecular flexibility index (Phi) is 44.2. The zero-order chi connectivity index (χ0) is 48.9. The fourth-order valence-corrected chi connectivity index (χ4v) is 9.72. The van der Waals surface area contributed by atoms with Crippen LogP contribution in [0.25, 0.3) is 0 Å². The molecule has 12 nitrogen and oxygen atoms in total. The summed E-state index contributed by atoms with van der Waals surface area (Å²) >= 11 is 0. The Balaban J connectivity index is 2.28. The van der Waals surface area contributed by atoms with Crippen LogP contribution in [-0.4, -0.2) is 97.5 Å². The summed E-state index contributed by atoms with van der Waals surface area (Å²) in [5.41, 5.74) is 0. The predicted molar refractivity (Wildman–Crippen MR) is 271 cm³/mol. The van der Waals surface area contributed by atoms with Gasteiger partial charge in [-0.05, 0) is 12.8 Å². The van der Waals surface area contributed by atoms with E-state index in [1.54, 1.807) is 0 Å². The molecule has 1 heterocycles. The SMILES string of the molecule is CCCCCCCCCCCCCCCCCCCCCCCCCOCC(COC1OC(CO)C(O)C(OS(=O)(=O)O)C1O)OC(=O)CCCCCCCCCCCCCCCCCCC. The standard InChI is InChI=1S/C54H106O12S/c1-3-5-7-9-11-13-15-17-19-21-22-23-24-25-26-28-30-32-34-36-38-40-42-44-62-46-48(47-63-54-52(58)53(66-67(59,60)61)51(57)49(45-55)65-54)64-50(56)43-41-39-37-35-33-31-29-27-20-18-16-14-12-10-8-6-4-2/h48-49,51-55,57-58H,3-47H2,1-2H3,(H,59,60,61). The molecule has 4 N–H and O–H groups in total. The summed E-state index contributed by atoms with van der Waals surface area (Å²) in [6.45, 7) is 4.07. The van der Waals surface area contributed by atoms with Crippen LogP contribution >= 0.6 is 0 Å². The molecule has 0 aromatic heterocycles. The average molecular weight is 979 g/mol. The maximum absolute atomic E-state index is 12.9. The Morgan fingerprint density at radius 1 is 0.507 bits per heavy atom. The molecule has 1 fully saturated rings. The Labute approximate surface area is 411 Å². The fraction of sp³-hybridized carbons (Fsp3) is 0.981. The van der Waals surface area contributed by atoms with Crippen molar-refractivity contribution in [3.8, 4) is 0 Å². The van der Waals surface area contributed by atoms with Crippen LogP contribution in [0.5, 0.6) is 0 Å². The van der Waals surface area contributed by atoms with E-state index in [0.717, 1.165) is 38.5 Å². The van der Waals surface area contributed by atoms with Gasteiger partial charge in [-0.3, -0.25) is 9.35 Å². The van der Waals surface area contributed by atoms with Crippen molar-refractivity contribution < 1.29 is 56.2 Å². The predicted octanol–water partition coefficient (Wildman–Crippen LogP) is 13.6. The second-order valence-electron chi connectivity index (χ2n) is 19.9. The monoisotopic (exact) mass is 979 g/mol. The third-order valence-electron chi connectivity index (χ3n) is 13.5. The molecule has 1 saturated heterocycles. The zero-order valence-corrected chi connectivity index (χ0v) is 44.1. The van der Waals surface area contributed by atoms with E-state index < -0.39 is 53.8 Å². The van der Waals surface area contributed by atoms with Crippen LogP contribution in [0.3, 0.4) is 0 Å². The molecule has 0 aromatic carbocycles. The van der Waals surface area contributed by atoms with Gasteiger partial charge in [-0.25, -0.2) is 4.18 Å². The van der Waals surface area contributed by atoms with Crippen LogP contribution < -0.4 is 0 Å². The number of rotatable bonds is 51. The summed E-state index contributed by atoms with van der Waals surface area (Å²) in [7, 11) is -5.06. The Hall–Kier alpha value is -0.900. The van der Waals surface area contributed by atoms with Gasteiger partial charge in [0.25, 0.3) is 0 Å². The minimum absolute atomic E-state index is 0.0455. The number of hydrogen-bond acceptors (Lipinski definition) is 11. The lowest BCUT2D eigenvalue weighted by molar-refractivity contribution is -0.301. The number of unbranched alkanes of at least 4 members (excludes halogenated alkanes) is 38. The summed E-state index contributed by atoms with van der Waals surface area (Å²) < 4.78 is 59.4. The van der Waals surface area contributed by atoms with E-state index in [2.05, 4.69) is 18.0 Å². The van der Waals surface area contributed by atoms with Crippen LogP contribution in [-0.2, 0) is 38.3 Å². The number of ether oxygens (including phenoxy) is 4. The van der Waals surface area contributed by atoms with E-state index in [1.165, 1.54) is 212 Å². The number of carbonyl (C=O) groups excluding carboxylic acids is 1. The van der Waals surface area contributed by atoms with Crippen molar-refractivity contribution in [2.45, 2.75) is 314 Å². The van der Waals surface area contributed by atoms with Gasteiger partial charge in [0, 0.05) is 13.0 Å². The van der Waals surface area contributed by atoms with E-state index in [1.807, 2.05) is 0 Å². The van der Waals surface area contributed by atoms with Crippen molar-refractivity contribution in [3.63, 3.8) is 0 Å². The van der Waals surface area contributed by atoms with E-state index >= 15 is 0 Å². The topological polar surface area (TPSA) is 178 Å². The van der Waals surface area contributed by atoms with Gasteiger partial charge >= 0.3 is 16.4 Å². The molecule has 0 aliphatic carbocycles. The van der Waals surface area contributed by atoms with Crippen molar-refractivity contribution in [1.29, 1.82) is 0 Å². The molecule has 400 valence electrons. The van der Waals surface area contributed by atoms with Gasteiger partial charge in [0.2, 0.25) is 0 Å². The first kappa shape index (κ1) is 64.1. The Morgan fingerprint density at radius 3 is 1.19 bits per heavy atom. The van der Waals surface area contributed by atoms with Gasteiger partial charge in [0.15, 0.2) is 6.29 Å². The molecule has 0 aromatic rings. The molecular weight excluding hydrogens is 873 g/mol. The second-order valence-corrected chi connectivity index (χ2v) is 20.9. The van der Waals surface area contributed by atoms with Gasteiger partial charge in [-0.2, -0.15) is 8.42 Å². The summed E-state index contributed by atoms with van der Waals surface area (Å²) in [5.74, 6) is -0.390. The van der Waals surface area contributed by atoms with E-state index in [4.69, 9.17) is 18.9 Å². The molecule has 0 radical (unpaired) electrons. The molecule has 13 heteroatoms. The second kappa shape index (κ2) is 46.2. The molecule has 1 aliphatic heterocycles. The minimum atomic E-state index is -5.06. The lowest BCUT2D eigenvalue weighted by Gasteiger charge is -2.41. The summed E-state index contributed by atoms with van der Waals surface area (Å²) in [5, 5.41) is 30.8. The van der Waals surface area contributed by atoms with E-state index in [9.17, 15) is 33.1 Å². The molecule has 0 bridgehead atoms. The van der Waals surface area contributed by atoms with Crippen LogP contribution in [0.15, 0.2) is 0 Å². The zero-order valence-electron chi connectivity index (χ0n) is 43.2. The smallest absolute Gasteiger partial charge is 0.397 e. The highest BCUT2D eigenvalue weighted by Crippen LogP contribution is 2.26. The lowest BCUT2D eigenvalue weighted by Crippen LogP contribution is -2.60. The third-order valence-corrected chi connectivity index (χ3v) is 13.9. The number of aliphatic hydroxyl groups is 3. The highest BCUT2D eigenvalue weighted by atomic mass is 32.3. The first-order valence-corrected chi connectivity index (χ1v) is 29.7. The van der Waals surface area contributed by atoms with Crippen molar-refractivity contribution in [2.24, 2.45) is 0 Å². The maximum Gasteiger partial charge on any atom is 0.397 e. The van der Waals surface area contributed by atoms with Crippen molar-refractivity contribution in [1.82, 2.24) is 0 Å². The van der Waals surface area contributed by atoms with Crippen LogP contribution in [0.1, 0.15) is 277 Å². The van der Waals surface area contributed by atoms with Gasteiger partial charge in [0.05, 0.1) is 19.8 Å². The van der Waals surface area contributed by atoms with Crippen LogP contribution in [0, 0.1) is 0 Å². The van der Waals surface area contributed by atoms with E-state index in [0.29, 0.717) is 13.0 Å². The fourth-order valence-electron chi connectivity index (χ4n) is 9.21. The Morgan fingerprint density at radius 2 is 0.851 bits per heavy atom. The summed E-state index contributed by atoms with van der Waals surface area (Å²) in [4.78, 5) is 12.9. The Bertz CT molecular complexity index is 1180. The first-order chi connectivity index (χ1) is 32.6. The summed E-state index contributed by atoms with van der Waals surface area (Å²) in [6, 6.07) is 0. The van der Waals surface area contributed by atoms with Crippen LogP contribution in [0.2, 0.25) is 0 Å². The molecule has 0 amide bonds. The number of aliphatic hydroxyl groups excluding tert-OH is 3. The summed E-state index contributed by atoms with van der Waals surface area (Å²) in [6.07, 6.45) is 42.8. The van der Waals surface area contributed by atoms with Crippen molar-refractivity contribution in [3.05, 3.63) is 0 Å². The van der Waals surface area contributed by atoms with Crippen molar-refractivity contribution >= 4 is 16.4 Å². The highest BCUT2D eigenvalue weighted by molar-refractivity contribution is 7.80. The van der Waals surface area contributed by atoms with Gasteiger partial charge in [-0.1, -0.05) is 258 Å². The molecule has 67 heavy (non-hydrogen) atoms. The van der Waals surface area contributed by atoms with E-state index in [-0.39, 0.29) is 25.6 Å². The molecule has 0 saturated carbocycles. The molecule has 6 unspecified atom stereocenters. The molecule has 6 atom stereocenters. The molecule has 1 aliphatic rings. The lowest BCUT2D eigenvalue weighted by atomic mass is 9.99. The largest absolute Gasteiger partial charge is 0.457 e. The van der Waals surface area contributed by atoms with Crippen molar-refractivity contribution in [2.75, 3.05) is 26.4 Å². The third kappa shape index (κ3) is 39.4. The maximum atomic E-state index is 12.9.